The zero-order valence-electron chi connectivity index (χ0n) is 16.2. The van der Waals surface area contributed by atoms with Crippen LogP contribution in [-0.2, 0) is 23.1 Å². The van der Waals surface area contributed by atoms with Crippen molar-refractivity contribution in [3.63, 3.8) is 0 Å². The van der Waals surface area contributed by atoms with Crippen molar-refractivity contribution in [3.8, 4) is 0 Å². The summed E-state index contributed by atoms with van der Waals surface area (Å²) in [4.78, 5) is 2.68. The largest absolute Gasteiger partial charge is 0.760 e. The number of rotatable bonds is 11. The third-order valence-corrected chi connectivity index (χ3v) is 7.06. The van der Waals surface area contributed by atoms with Gasteiger partial charge in [-0.15, -0.1) is 0 Å². The van der Waals surface area contributed by atoms with Crippen LogP contribution in [0.4, 0.5) is 0 Å². The Bertz CT molecular complexity index is 610. The highest BCUT2D eigenvalue weighted by atomic mass is 32.2. The molecule has 2 aliphatic rings. The molecule has 1 aliphatic carbocycles. The van der Waals surface area contributed by atoms with Crippen molar-refractivity contribution in [1.82, 2.24) is 9.62 Å². The van der Waals surface area contributed by atoms with Crippen LogP contribution in [0.5, 0.6) is 0 Å². The molecule has 0 aromatic heterocycles. The first-order valence-corrected chi connectivity index (χ1v) is 11.3. The van der Waals surface area contributed by atoms with Crippen LogP contribution < -0.4 is 4.72 Å². The van der Waals surface area contributed by atoms with Gasteiger partial charge in [0.15, 0.2) is 0 Å². The number of nitrogens with zero attached hydrogens (tertiary/aromatic N) is 1. The van der Waals surface area contributed by atoms with E-state index < -0.39 is 11.3 Å². The van der Waals surface area contributed by atoms with Crippen LogP contribution in [0.2, 0.25) is 0 Å². The molecule has 1 saturated carbocycles. The van der Waals surface area contributed by atoms with Crippen molar-refractivity contribution in [2.45, 2.75) is 57.8 Å². The molecule has 1 aliphatic heterocycles. The molecule has 1 N–H and O–H groups in total. The monoisotopic (exact) mass is 377 g/mol. The number of likely N-dealkylation sites (tertiary alicyclic amines) is 1. The maximum absolute atomic E-state index is 10.6. The van der Waals surface area contributed by atoms with Gasteiger partial charge in [-0.3, -0.25) is 4.21 Å². The van der Waals surface area contributed by atoms with Gasteiger partial charge >= 0.3 is 0 Å². The Kier molecular flexibility index (Phi) is 6.89. The van der Waals surface area contributed by atoms with Crippen molar-refractivity contribution in [1.29, 1.82) is 0 Å². The topological polar surface area (TPSA) is 55.4 Å². The minimum atomic E-state index is -2.17. The van der Waals surface area contributed by atoms with E-state index >= 15 is 0 Å². The molecule has 5 heteroatoms. The Hall–Kier alpha value is -0.750. The number of fused-ring (bicyclic) bond motifs is 1. The highest BCUT2D eigenvalue weighted by Gasteiger charge is 2.67. The summed E-state index contributed by atoms with van der Waals surface area (Å²) < 4.78 is 23.7. The predicted octanol–water partition coefficient (Wildman–Crippen LogP) is 3.40. The van der Waals surface area contributed by atoms with Gasteiger partial charge in [-0.2, -0.15) is 0 Å². The van der Waals surface area contributed by atoms with E-state index in [4.69, 9.17) is 0 Å². The molecule has 4 nitrogen and oxygen atoms in total. The molecule has 1 aromatic rings. The lowest BCUT2D eigenvalue weighted by Crippen LogP contribution is -2.31. The zero-order valence-corrected chi connectivity index (χ0v) is 17.0. The molecule has 146 valence electrons. The third-order valence-electron chi connectivity index (χ3n) is 6.62. The summed E-state index contributed by atoms with van der Waals surface area (Å²) in [6.07, 6.45) is 7.34. The Balaban J connectivity index is 1.57. The summed E-state index contributed by atoms with van der Waals surface area (Å²) in [7, 11) is 0. The SMILES string of the molecule is CCCCCCN1CC2C(C1)C2(CC)c1cccc(CCNS(=O)[O-])c1. The molecule has 0 spiro atoms. The number of piperidine rings is 1. The molecule has 1 aromatic carbocycles. The van der Waals surface area contributed by atoms with Gasteiger partial charge in [-0.25, -0.2) is 4.72 Å². The van der Waals surface area contributed by atoms with E-state index in [-0.39, 0.29) is 0 Å². The van der Waals surface area contributed by atoms with Crippen molar-refractivity contribution in [2.24, 2.45) is 11.8 Å². The first kappa shape index (κ1) is 20.0. The Morgan fingerprint density at radius 2 is 2.00 bits per heavy atom. The van der Waals surface area contributed by atoms with Gasteiger partial charge in [-0.1, -0.05) is 57.4 Å². The third kappa shape index (κ3) is 4.22. The summed E-state index contributed by atoms with van der Waals surface area (Å²) >= 11 is -2.17. The minimum Gasteiger partial charge on any atom is -0.760 e. The van der Waals surface area contributed by atoms with E-state index in [9.17, 15) is 8.76 Å². The lowest BCUT2D eigenvalue weighted by atomic mass is 9.86. The Morgan fingerprint density at radius 1 is 1.23 bits per heavy atom. The van der Waals surface area contributed by atoms with Gasteiger partial charge in [0.1, 0.15) is 0 Å². The molecule has 3 atom stereocenters. The molecule has 0 amide bonds. The Morgan fingerprint density at radius 3 is 2.65 bits per heavy atom. The van der Waals surface area contributed by atoms with Crippen molar-refractivity contribution in [2.75, 3.05) is 26.2 Å². The van der Waals surface area contributed by atoms with Crippen LogP contribution in [0.1, 0.15) is 57.1 Å². The van der Waals surface area contributed by atoms with E-state index in [1.54, 1.807) is 0 Å². The molecular weight excluding hydrogens is 344 g/mol. The summed E-state index contributed by atoms with van der Waals surface area (Å²) in [5.41, 5.74) is 3.07. The lowest BCUT2D eigenvalue weighted by molar-refractivity contribution is 0.263. The highest BCUT2D eigenvalue weighted by Crippen LogP contribution is 2.65. The van der Waals surface area contributed by atoms with Crippen LogP contribution in [0.3, 0.4) is 0 Å². The molecule has 3 rings (SSSR count). The van der Waals surface area contributed by atoms with E-state index in [0.29, 0.717) is 12.0 Å². The average Bonchev–Trinajstić information content (AvgIpc) is 3.02. The number of hydrogen-bond donors (Lipinski definition) is 1. The number of unbranched alkanes of at least 4 members (excludes halogenated alkanes) is 3. The van der Waals surface area contributed by atoms with Gasteiger partial charge in [0.25, 0.3) is 0 Å². The van der Waals surface area contributed by atoms with E-state index in [2.05, 4.69) is 47.7 Å². The zero-order chi connectivity index (χ0) is 18.6. The molecule has 0 radical (unpaired) electrons. The maximum atomic E-state index is 10.6. The fourth-order valence-electron chi connectivity index (χ4n) is 5.21. The van der Waals surface area contributed by atoms with Gasteiger partial charge < -0.3 is 9.45 Å². The number of benzene rings is 1. The van der Waals surface area contributed by atoms with Crippen molar-refractivity contribution in [3.05, 3.63) is 35.4 Å². The molecule has 0 bridgehead atoms. The fraction of sp³-hybridized carbons (Fsp3) is 0.714. The first-order valence-electron chi connectivity index (χ1n) is 10.3. The highest BCUT2D eigenvalue weighted by molar-refractivity contribution is 7.77. The standard InChI is InChI=1S/C21H34N2O2S/c1-3-5-6-7-13-23-15-19-20(16-23)21(19,4-2)18-10-8-9-17(14-18)11-12-22-26(24)25/h8-10,14,19-20,22H,3-7,11-13,15-16H2,1-2H3,(H,24,25)/p-1. The van der Waals surface area contributed by atoms with Crippen molar-refractivity contribution < 1.29 is 8.76 Å². The molecule has 1 saturated heterocycles. The Labute approximate surface area is 161 Å². The summed E-state index contributed by atoms with van der Waals surface area (Å²) in [6, 6.07) is 8.87. The van der Waals surface area contributed by atoms with Crippen LogP contribution in [0.25, 0.3) is 0 Å². The maximum Gasteiger partial charge on any atom is 0.0181 e. The minimum absolute atomic E-state index is 0.366. The van der Waals surface area contributed by atoms with Gasteiger partial charge in [-0.05, 0) is 48.8 Å². The molecule has 26 heavy (non-hydrogen) atoms. The quantitative estimate of drug-likeness (QED) is 0.475. The van der Waals surface area contributed by atoms with Crippen molar-refractivity contribution >= 4 is 11.3 Å². The van der Waals surface area contributed by atoms with E-state index in [1.807, 2.05) is 0 Å². The number of hydrogen-bond acceptors (Lipinski definition) is 3. The van der Waals surface area contributed by atoms with Gasteiger partial charge in [0.05, 0.1) is 0 Å². The lowest BCUT2D eigenvalue weighted by Gasteiger charge is -2.27. The van der Waals surface area contributed by atoms with Crippen LogP contribution in [0.15, 0.2) is 24.3 Å². The fourth-order valence-corrected chi connectivity index (χ4v) is 5.48. The molecular formula is C21H33N2O2S-. The van der Waals surface area contributed by atoms with Gasteiger partial charge in [0.2, 0.25) is 0 Å². The molecule has 1 heterocycles. The summed E-state index contributed by atoms with van der Waals surface area (Å²) in [6.45, 7) is 8.85. The molecule has 2 fully saturated rings. The van der Waals surface area contributed by atoms with Crippen LogP contribution in [-0.4, -0.2) is 39.8 Å². The average molecular weight is 378 g/mol. The first-order chi connectivity index (χ1) is 12.6. The second-order valence-corrected chi connectivity index (χ2v) is 8.76. The van der Waals surface area contributed by atoms with Gasteiger partial charge in [0, 0.05) is 36.3 Å². The summed E-state index contributed by atoms with van der Waals surface area (Å²) in [5, 5.41) is 0. The number of nitrogens with one attached hydrogen (secondary N) is 1. The van der Waals surface area contributed by atoms with E-state index in [0.717, 1.165) is 18.3 Å². The normalized spacial score (nSPS) is 28.9. The van der Waals surface area contributed by atoms with E-state index in [1.165, 1.54) is 62.9 Å². The molecule has 3 unspecified atom stereocenters. The van der Waals surface area contributed by atoms with Crippen LogP contribution in [0, 0.1) is 11.8 Å². The smallest absolute Gasteiger partial charge is 0.0181 e. The second kappa shape index (κ2) is 8.96. The second-order valence-electron chi connectivity index (χ2n) is 8.01. The summed E-state index contributed by atoms with van der Waals surface area (Å²) in [5.74, 6) is 1.61. The van der Waals surface area contributed by atoms with Crippen LogP contribution >= 0.6 is 0 Å². The predicted molar refractivity (Wildman–Crippen MR) is 107 cm³/mol.